The number of thioether (sulfide) groups is 1. The molecule has 0 radical (unpaired) electrons. The Bertz CT molecular complexity index is 1460. The van der Waals surface area contributed by atoms with Crippen molar-refractivity contribution in [2.75, 3.05) is 7.05 Å². The maximum atomic E-state index is 13.5. The Morgan fingerprint density at radius 1 is 1.23 bits per heavy atom. The molecule has 4 aliphatic rings. The van der Waals surface area contributed by atoms with Crippen LogP contribution in [0.5, 0.6) is 0 Å². The van der Waals surface area contributed by atoms with Gasteiger partial charge in [0.25, 0.3) is 11.8 Å². The van der Waals surface area contributed by atoms with Crippen LogP contribution in [-0.4, -0.2) is 55.9 Å². The summed E-state index contributed by atoms with van der Waals surface area (Å²) in [6.07, 6.45) is 6.58. The van der Waals surface area contributed by atoms with Crippen LogP contribution < -0.4 is 0 Å². The number of likely N-dealkylation sites (N-methyl/N-ethyl adjacent to an activating group) is 1. The van der Waals surface area contributed by atoms with Gasteiger partial charge in [-0.05, 0) is 74.5 Å². The number of likely N-dealkylation sites (tertiary alicyclic amines) is 1. The van der Waals surface area contributed by atoms with Gasteiger partial charge in [-0.3, -0.25) is 24.1 Å². The molecule has 1 aromatic heterocycles. The van der Waals surface area contributed by atoms with Crippen LogP contribution in [-0.2, 0) is 38.0 Å². The number of rotatable bonds is 8. The second-order valence-electron chi connectivity index (χ2n) is 12.9. The van der Waals surface area contributed by atoms with E-state index in [0.717, 1.165) is 58.2 Å². The number of esters is 1. The first-order valence-corrected chi connectivity index (χ1v) is 17.8. The van der Waals surface area contributed by atoms with Gasteiger partial charge in [-0.2, -0.15) is 0 Å². The zero-order valence-corrected chi connectivity index (χ0v) is 28.1. The molecule has 3 amide bonds. The van der Waals surface area contributed by atoms with Gasteiger partial charge in [0, 0.05) is 45.9 Å². The topological polar surface area (TPSA) is 96.9 Å². The number of aromatic nitrogens is 1. The van der Waals surface area contributed by atoms with E-state index in [9.17, 15) is 19.2 Å². The smallest absolute Gasteiger partial charge is 0.312 e. The van der Waals surface area contributed by atoms with Crippen LogP contribution in [0.4, 0.5) is 0 Å². The Morgan fingerprint density at radius 2 is 2.05 bits per heavy atom. The predicted octanol–water partition coefficient (Wildman–Crippen LogP) is 6.34. The number of ether oxygens (including phenoxy) is 1. The average Bonchev–Trinajstić information content (AvgIpc) is 3.56. The van der Waals surface area contributed by atoms with Crippen LogP contribution in [0.1, 0.15) is 91.8 Å². The first-order valence-electron chi connectivity index (χ1n) is 15.2. The average molecular weight is 689 g/mol. The lowest BCUT2D eigenvalue weighted by Gasteiger charge is -2.51. The molecule has 5 unspecified atom stereocenters. The van der Waals surface area contributed by atoms with Crippen LogP contribution in [0.25, 0.3) is 0 Å². The largest absolute Gasteiger partial charge is 0.458 e. The van der Waals surface area contributed by atoms with Gasteiger partial charge in [0.05, 0.1) is 11.1 Å². The van der Waals surface area contributed by atoms with Crippen molar-refractivity contribution in [3.8, 4) is 0 Å². The maximum Gasteiger partial charge on any atom is 0.312 e. The van der Waals surface area contributed by atoms with E-state index in [1.807, 2.05) is 17.5 Å². The normalized spacial score (nSPS) is 30.5. The Hall–Kier alpha value is -2.24. The van der Waals surface area contributed by atoms with E-state index >= 15 is 0 Å². The van der Waals surface area contributed by atoms with Gasteiger partial charge < -0.3 is 9.64 Å². The molecule has 2 aliphatic heterocycles. The summed E-state index contributed by atoms with van der Waals surface area (Å²) >= 11 is 7.13. The van der Waals surface area contributed by atoms with Crippen molar-refractivity contribution in [2.45, 2.75) is 99.4 Å². The highest BCUT2D eigenvalue weighted by Gasteiger charge is 2.53. The van der Waals surface area contributed by atoms with E-state index in [4.69, 9.17) is 9.72 Å². The zero-order chi connectivity index (χ0) is 30.5. The van der Waals surface area contributed by atoms with E-state index in [0.29, 0.717) is 36.1 Å². The minimum absolute atomic E-state index is 0.0365. The first kappa shape index (κ1) is 30.8. The van der Waals surface area contributed by atoms with Crippen molar-refractivity contribution in [3.63, 3.8) is 0 Å². The Balaban J connectivity index is 1.06. The van der Waals surface area contributed by atoms with Crippen LogP contribution in [0.15, 0.2) is 28.5 Å². The molecular weight excluding hydrogens is 650 g/mol. The van der Waals surface area contributed by atoms with Crippen molar-refractivity contribution in [2.24, 2.45) is 17.3 Å². The molecule has 2 bridgehead atoms. The minimum atomic E-state index is -0.618. The van der Waals surface area contributed by atoms with Gasteiger partial charge in [0.1, 0.15) is 17.7 Å². The number of amides is 3. The molecule has 2 saturated carbocycles. The molecule has 3 fully saturated rings. The molecule has 43 heavy (non-hydrogen) atoms. The maximum absolute atomic E-state index is 13.5. The molecule has 3 heterocycles. The minimum Gasteiger partial charge on any atom is -0.458 e. The SMILES string of the molecule is CCC1(C(=O)OCc2nc(CSc3cccc4c3CN(C3CCC(=O)N(C)C3=O)C4=O)cs2)CC2CC(C)CC(Br)(C2)C1. The Labute approximate surface area is 269 Å². The number of halogens is 1. The lowest BCUT2D eigenvalue weighted by molar-refractivity contribution is -0.163. The molecule has 5 atom stereocenters. The molecule has 230 valence electrons. The standard InChI is InChI=1S/C32H38BrN3O5S2/c1-4-31(12-20-10-19(2)11-32(33,13-20)18-31)30(40)41-15-26-34-21(17-43-26)16-42-25-7-5-6-22-23(25)14-36(28(22)38)24-8-9-27(37)35(3)29(24)39/h5-7,17,19-20,24H,4,8-16,18H2,1-3H3. The van der Waals surface area contributed by atoms with E-state index in [-0.39, 0.29) is 41.0 Å². The fourth-order valence-corrected chi connectivity index (χ4v) is 11.2. The molecule has 8 nitrogen and oxygen atoms in total. The summed E-state index contributed by atoms with van der Waals surface area (Å²) in [5.41, 5.74) is 1.98. The van der Waals surface area contributed by atoms with Crippen LogP contribution in [0.2, 0.25) is 0 Å². The molecule has 11 heteroatoms. The third-order valence-electron chi connectivity index (χ3n) is 9.80. The Morgan fingerprint density at radius 3 is 2.81 bits per heavy atom. The number of imide groups is 1. The van der Waals surface area contributed by atoms with Crippen LogP contribution in [0.3, 0.4) is 0 Å². The molecule has 2 aromatic rings. The number of fused-ring (bicyclic) bond motifs is 3. The van der Waals surface area contributed by atoms with Crippen molar-refractivity contribution in [3.05, 3.63) is 45.4 Å². The number of carbonyl (C=O) groups is 4. The number of carbonyl (C=O) groups excluding carboxylic acids is 4. The van der Waals surface area contributed by atoms with Gasteiger partial charge in [0.15, 0.2) is 0 Å². The third-order valence-corrected chi connectivity index (χ3v) is 12.7. The van der Waals surface area contributed by atoms with E-state index in [1.54, 1.807) is 22.7 Å². The highest BCUT2D eigenvalue weighted by molar-refractivity contribution is 9.10. The van der Waals surface area contributed by atoms with Crippen LogP contribution >= 0.6 is 39.0 Å². The molecule has 1 aromatic carbocycles. The molecule has 0 spiro atoms. The zero-order valence-electron chi connectivity index (χ0n) is 24.9. The summed E-state index contributed by atoms with van der Waals surface area (Å²) in [5, 5.41) is 2.78. The molecule has 0 N–H and O–H groups in total. The summed E-state index contributed by atoms with van der Waals surface area (Å²) in [6, 6.07) is 5.05. The summed E-state index contributed by atoms with van der Waals surface area (Å²) in [4.78, 5) is 59.9. The fraction of sp³-hybridized carbons (Fsp3) is 0.594. The summed E-state index contributed by atoms with van der Waals surface area (Å²) in [5.74, 6) is 1.07. The highest BCUT2D eigenvalue weighted by Crippen LogP contribution is 2.57. The first-order chi connectivity index (χ1) is 20.5. The Kier molecular flexibility index (Phi) is 8.54. The molecule has 1 saturated heterocycles. The second kappa shape index (κ2) is 11.9. The van der Waals surface area contributed by atoms with Gasteiger partial charge in [-0.15, -0.1) is 23.1 Å². The summed E-state index contributed by atoms with van der Waals surface area (Å²) in [7, 11) is 1.48. The second-order valence-corrected chi connectivity index (χ2v) is 16.6. The van der Waals surface area contributed by atoms with Gasteiger partial charge in [0.2, 0.25) is 5.91 Å². The fourth-order valence-electron chi connectivity index (χ4n) is 7.87. The lowest BCUT2D eigenvalue weighted by atomic mass is 9.58. The monoisotopic (exact) mass is 687 g/mol. The number of hydrogen-bond donors (Lipinski definition) is 0. The van der Waals surface area contributed by atoms with Gasteiger partial charge in [-0.25, -0.2) is 4.98 Å². The number of hydrogen-bond acceptors (Lipinski definition) is 8. The van der Waals surface area contributed by atoms with E-state index < -0.39 is 11.5 Å². The molecule has 6 rings (SSSR count). The number of piperidine rings is 1. The molecule has 2 aliphatic carbocycles. The van der Waals surface area contributed by atoms with E-state index in [2.05, 4.69) is 29.8 Å². The van der Waals surface area contributed by atoms with Crippen molar-refractivity contribution in [1.29, 1.82) is 0 Å². The van der Waals surface area contributed by atoms with Crippen molar-refractivity contribution >= 4 is 62.7 Å². The quantitative estimate of drug-likeness (QED) is 0.138. The summed E-state index contributed by atoms with van der Waals surface area (Å²) in [6.45, 7) is 4.96. The van der Waals surface area contributed by atoms with Crippen LogP contribution in [0, 0.1) is 17.3 Å². The lowest BCUT2D eigenvalue weighted by Crippen LogP contribution is -2.53. The van der Waals surface area contributed by atoms with E-state index in [1.165, 1.54) is 24.8 Å². The highest BCUT2D eigenvalue weighted by atomic mass is 79.9. The third kappa shape index (κ3) is 5.93. The summed E-state index contributed by atoms with van der Waals surface area (Å²) < 4.78 is 5.96. The number of benzene rings is 1. The number of nitrogens with zero attached hydrogens (tertiary/aromatic N) is 3. The van der Waals surface area contributed by atoms with Crippen molar-refractivity contribution < 1.29 is 23.9 Å². The number of thiazole rings is 1. The van der Waals surface area contributed by atoms with Crippen molar-refractivity contribution in [1.82, 2.24) is 14.8 Å². The van der Waals surface area contributed by atoms with Gasteiger partial charge >= 0.3 is 5.97 Å². The molecular formula is C32H38BrN3O5S2. The van der Waals surface area contributed by atoms with Gasteiger partial charge in [-0.1, -0.05) is 35.8 Å². The number of alkyl halides is 1. The predicted molar refractivity (Wildman–Crippen MR) is 169 cm³/mol.